The van der Waals surface area contributed by atoms with Crippen molar-refractivity contribution in [2.24, 2.45) is 12.8 Å². The summed E-state index contributed by atoms with van der Waals surface area (Å²) in [6.45, 7) is 4.13. The third kappa shape index (κ3) is 3.05. The molecule has 2 rings (SSSR count). The van der Waals surface area contributed by atoms with Gasteiger partial charge >= 0.3 is 0 Å². The highest BCUT2D eigenvalue weighted by Crippen LogP contribution is 2.27. The highest BCUT2D eigenvalue weighted by atomic mass is 35.5. The maximum Gasteiger partial charge on any atom is 0.170 e. The Morgan fingerprint density at radius 2 is 2.16 bits per heavy atom. The van der Waals surface area contributed by atoms with E-state index in [1.807, 2.05) is 37.6 Å². The fraction of sp³-hybridized carbons (Fsp3) is 0.385. The lowest BCUT2D eigenvalue weighted by Crippen LogP contribution is -2.10. The molecule has 0 radical (unpaired) electrons. The van der Waals surface area contributed by atoms with E-state index in [1.54, 1.807) is 6.07 Å². The van der Waals surface area contributed by atoms with Gasteiger partial charge in [0, 0.05) is 23.7 Å². The largest absolute Gasteiger partial charge is 0.485 e. The van der Waals surface area contributed by atoms with E-state index in [0.717, 1.165) is 23.0 Å². The highest BCUT2D eigenvalue weighted by Gasteiger charge is 2.11. The maximum absolute atomic E-state index is 5.97. The van der Waals surface area contributed by atoms with Crippen molar-refractivity contribution in [3.63, 3.8) is 0 Å². The van der Waals surface area contributed by atoms with Gasteiger partial charge in [-0.15, -0.1) is 10.2 Å². The van der Waals surface area contributed by atoms with Crippen LogP contribution in [0.1, 0.15) is 30.2 Å². The third-order valence-electron chi connectivity index (χ3n) is 3.00. The lowest BCUT2D eigenvalue weighted by molar-refractivity contribution is 0.287. The van der Waals surface area contributed by atoms with Gasteiger partial charge in [0.15, 0.2) is 5.82 Å². The first kappa shape index (κ1) is 13.8. The van der Waals surface area contributed by atoms with Crippen molar-refractivity contribution in [3.05, 3.63) is 40.4 Å². The Labute approximate surface area is 117 Å². The van der Waals surface area contributed by atoms with E-state index in [2.05, 4.69) is 10.2 Å². The zero-order chi connectivity index (χ0) is 14.0. The van der Waals surface area contributed by atoms with Gasteiger partial charge in [0.2, 0.25) is 0 Å². The molecule has 2 N–H and O–H groups in total. The average molecular weight is 281 g/mol. The van der Waals surface area contributed by atoms with Crippen LogP contribution in [-0.4, -0.2) is 14.8 Å². The summed E-state index contributed by atoms with van der Waals surface area (Å²) in [4.78, 5) is 0. The van der Waals surface area contributed by atoms with E-state index in [1.165, 1.54) is 0 Å². The molecule has 0 fully saturated rings. The molecule has 0 saturated carbocycles. The first-order chi connectivity index (χ1) is 8.99. The summed E-state index contributed by atoms with van der Waals surface area (Å²) in [5.74, 6) is 2.34. The molecule has 0 saturated heterocycles. The summed E-state index contributed by atoms with van der Waals surface area (Å²) in [7, 11) is 1.91. The first-order valence-corrected chi connectivity index (χ1v) is 6.39. The molecule has 1 atom stereocenters. The van der Waals surface area contributed by atoms with Crippen LogP contribution in [0.15, 0.2) is 18.2 Å². The Kier molecular flexibility index (Phi) is 4.07. The van der Waals surface area contributed by atoms with E-state index in [9.17, 15) is 0 Å². The van der Waals surface area contributed by atoms with Gasteiger partial charge in [0.25, 0.3) is 0 Å². The van der Waals surface area contributed by atoms with Crippen LogP contribution in [0.4, 0.5) is 0 Å². The van der Waals surface area contributed by atoms with Crippen LogP contribution < -0.4 is 10.5 Å². The molecule has 5 nitrogen and oxygen atoms in total. The van der Waals surface area contributed by atoms with E-state index in [0.29, 0.717) is 11.6 Å². The molecule has 102 valence electrons. The molecule has 6 heteroatoms. The van der Waals surface area contributed by atoms with Crippen molar-refractivity contribution in [2.75, 3.05) is 0 Å². The lowest BCUT2D eigenvalue weighted by atomic mass is 10.1. The first-order valence-electron chi connectivity index (χ1n) is 6.01. The van der Waals surface area contributed by atoms with E-state index in [4.69, 9.17) is 22.1 Å². The van der Waals surface area contributed by atoms with Crippen molar-refractivity contribution in [1.82, 2.24) is 14.8 Å². The zero-order valence-corrected chi connectivity index (χ0v) is 12.0. The van der Waals surface area contributed by atoms with Gasteiger partial charge in [-0.05, 0) is 32.0 Å². The van der Waals surface area contributed by atoms with E-state index < -0.39 is 0 Å². The fourth-order valence-corrected chi connectivity index (χ4v) is 1.91. The van der Waals surface area contributed by atoms with Crippen LogP contribution in [0, 0.1) is 6.92 Å². The van der Waals surface area contributed by atoms with Gasteiger partial charge in [-0.3, -0.25) is 0 Å². The number of halogens is 1. The van der Waals surface area contributed by atoms with E-state index >= 15 is 0 Å². The number of hydrogen-bond donors (Lipinski definition) is 1. The van der Waals surface area contributed by atoms with Gasteiger partial charge in [-0.1, -0.05) is 11.6 Å². The standard InChI is InChI=1S/C13H17ClN4O/c1-8(15)11-6-10(14)4-5-12(11)19-7-13-17-16-9(2)18(13)3/h4-6,8H,7,15H2,1-3H3/t8-/m1/s1. The van der Waals surface area contributed by atoms with Crippen molar-refractivity contribution >= 4 is 11.6 Å². The van der Waals surface area contributed by atoms with Crippen molar-refractivity contribution < 1.29 is 4.74 Å². The minimum absolute atomic E-state index is 0.144. The van der Waals surface area contributed by atoms with Crippen LogP contribution in [0.2, 0.25) is 5.02 Å². The van der Waals surface area contributed by atoms with Gasteiger partial charge < -0.3 is 15.0 Å². The molecule has 0 amide bonds. The number of aryl methyl sites for hydroxylation is 1. The summed E-state index contributed by atoms with van der Waals surface area (Å²) in [6, 6.07) is 5.29. The number of benzene rings is 1. The summed E-state index contributed by atoms with van der Waals surface area (Å²) < 4.78 is 7.66. The minimum Gasteiger partial charge on any atom is -0.485 e. The number of nitrogens with zero attached hydrogens (tertiary/aromatic N) is 3. The van der Waals surface area contributed by atoms with Gasteiger partial charge in [0.1, 0.15) is 18.2 Å². The number of aromatic nitrogens is 3. The second kappa shape index (κ2) is 5.59. The lowest BCUT2D eigenvalue weighted by Gasteiger charge is -2.14. The summed E-state index contributed by atoms with van der Waals surface area (Å²) in [5, 5.41) is 8.69. The van der Waals surface area contributed by atoms with Crippen molar-refractivity contribution in [1.29, 1.82) is 0 Å². The van der Waals surface area contributed by atoms with Crippen molar-refractivity contribution in [3.8, 4) is 5.75 Å². The smallest absolute Gasteiger partial charge is 0.170 e. The van der Waals surface area contributed by atoms with Crippen LogP contribution in [0.5, 0.6) is 5.75 Å². The minimum atomic E-state index is -0.144. The van der Waals surface area contributed by atoms with Crippen molar-refractivity contribution in [2.45, 2.75) is 26.5 Å². The Balaban J connectivity index is 2.17. The summed E-state index contributed by atoms with van der Waals surface area (Å²) >= 11 is 5.97. The predicted octanol–water partition coefficient (Wildman–Crippen LogP) is 2.38. The Bertz CT molecular complexity index is 580. The molecule has 0 aliphatic carbocycles. The fourth-order valence-electron chi connectivity index (χ4n) is 1.73. The predicted molar refractivity (Wildman–Crippen MR) is 74.1 cm³/mol. The molecule has 0 aliphatic heterocycles. The van der Waals surface area contributed by atoms with Gasteiger partial charge in [-0.25, -0.2) is 0 Å². The maximum atomic E-state index is 5.97. The SMILES string of the molecule is Cc1nnc(COc2ccc(Cl)cc2[C@@H](C)N)n1C. The molecule has 1 aromatic carbocycles. The number of rotatable bonds is 4. The molecule has 0 spiro atoms. The number of ether oxygens (including phenoxy) is 1. The second-order valence-corrected chi connectivity index (χ2v) is 4.92. The molecular weight excluding hydrogens is 264 g/mol. The zero-order valence-electron chi connectivity index (χ0n) is 11.2. The number of hydrogen-bond acceptors (Lipinski definition) is 4. The third-order valence-corrected chi connectivity index (χ3v) is 3.24. The molecule has 1 aromatic heterocycles. The molecule has 0 unspecified atom stereocenters. The second-order valence-electron chi connectivity index (χ2n) is 4.48. The Morgan fingerprint density at radius 1 is 1.42 bits per heavy atom. The van der Waals surface area contributed by atoms with Crippen LogP contribution in [0.25, 0.3) is 0 Å². The van der Waals surface area contributed by atoms with E-state index in [-0.39, 0.29) is 6.04 Å². The number of nitrogens with two attached hydrogens (primary N) is 1. The van der Waals surface area contributed by atoms with Gasteiger partial charge in [0.05, 0.1) is 0 Å². The monoisotopic (exact) mass is 280 g/mol. The topological polar surface area (TPSA) is 66.0 Å². The van der Waals surface area contributed by atoms with Crippen LogP contribution >= 0.6 is 11.6 Å². The molecule has 1 heterocycles. The van der Waals surface area contributed by atoms with Gasteiger partial charge in [-0.2, -0.15) is 0 Å². The Morgan fingerprint density at radius 3 is 2.74 bits per heavy atom. The average Bonchev–Trinajstić information content (AvgIpc) is 2.68. The molecule has 2 aromatic rings. The summed E-state index contributed by atoms with van der Waals surface area (Å²) in [6.07, 6.45) is 0. The highest BCUT2D eigenvalue weighted by molar-refractivity contribution is 6.30. The Hall–Kier alpha value is -1.59. The molecule has 0 bridgehead atoms. The van der Waals surface area contributed by atoms with Crippen LogP contribution in [-0.2, 0) is 13.7 Å². The summed E-state index contributed by atoms with van der Waals surface area (Å²) in [5.41, 5.74) is 6.80. The molecule has 19 heavy (non-hydrogen) atoms. The quantitative estimate of drug-likeness (QED) is 0.934. The normalized spacial score (nSPS) is 12.5. The van der Waals surface area contributed by atoms with Crippen LogP contribution in [0.3, 0.4) is 0 Å². The molecule has 0 aliphatic rings. The molecular formula is C13H17ClN4O.